The number of hydrogen-bond acceptors (Lipinski definition) is 2. The van der Waals surface area contributed by atoms with Crippen LogP contribution in [0.15, 0.2) is 145 Å². The first-order valence-electron chi connectivity index (χ1n) is 14.6. The van der Waals surface area contributed by atoms with E-state index in [1.165, 1.54) is 49.5 Å². The molecule has 0 N–H and O–H groups in total. The fourth-order valence-electron chi connectivity index (χ4n) is 6.93. The topological polar surface area (TPSA) is 21.1 Å². The highest BCUT2D eigenvalue weighted by atomic mass is 15.2. The number of nitrogens with zero attached hydrogens (tertiary/aromatic N) is 3. The average molecular weight is 538 g/mol. The lowest BCUT2D eigenvalue weighted by molar-refractivity contribution is 0.999. The highest BCUT2D eigenvalue weighted by Gasteiger charge is 2.30. The lowest BCUT2D eigenvalue weighted by atomic mass is 9.89. The predicted octanol–water partition coefficient (Wildman–Crippen LogP) is 10.2. The molecule has 198 valence electrons. The zero-order valence-corrected chi connectivity index (χ0v) is 23.0. The Hall–Kier alpha value is -5.41. The molecular weight excluding hydrogens is 510 g/mol. The SMILES string of the molecule is C1=CC2=C(CC1)c1nc(-c3ccccc3)cc3cccc(c13)N2c1cccc(-n2c3ccccc3c3ccccc32)c1. The molecule has 1 aliphatic heterocycles. The third-order valence-electron chi connectivity index (χ3n) is 8.75. The van der Waals surface area contributed by atoms with Crippen LogP contribution in [0.4, 0.5) is 11.4 Å². The third-order valence-corrected chi connectivity index (χ3v) is 8.75. The van der Waals surface area contributed by atoms with E-state index < -0.39 is 0 Å². The van der Waals surface area contributed by atoms with E-state index in [0.29, 0.717) is 0 Å². The fraction of sp³-hybridized carbons (Fsp3) is 0.0513. The normalized spacial score (nSPS) is 14.2. The van der Waals surface area contributed by atoms with E-state index in [0.717, 1.165) is 41.2 Å². The van der Waals surface area contributed by atoms with Crippen LogP contribution < -0.4 is 4.90 Å². The molecule has 0 unspecified atom stereocenters. The number of para-hydroxylation sites is 2. The second-order valence-corrected chi connectivity index (χ2v) is 11.1. The minimum atomic E-state index is 0.976. The van der Waals surface area contributed by atoms with Crippen molar-refractivity contribution < 1.29 is 0 Å². The quantitative estimate of drug-likeness (QED) is 0.224. The molecule has 2 aliphatic rings. The minimum absolute atomic E-state index is 0.976. The number of allylic oxidation sites excluding steroid dienone is 3. The summed E-state index contributed by atoms with van der Waals surface area (Å²) in [6.07, 6.45) is 6.60. The first-order chi connectivity index (χ1) is 20.8. The molecule has 42 heavy (non-hydrogen) atoms. The monoisotopic (exact) mass is 537 g/mol. The van der Waals surface area contributed by atoms with Crippen molar-refractivity contribution >= 4 is 49.5 Å². The number of anilines is 2. The molecule has 0 amide bonds. The lowest BCUT2D eigenvalue weighted by Gasteiger charge is -2.35. The van der Waals surface area contributed by atoms with Gasteiger partial charge in [-0.05, 0) is 66.8 Å². The second-order valence-electron chi connectivity index (χ2n) is 11.1. The van der Waals surface area contributed by atoms with Gasteiger partial charge in [0.15, 0.2) is 0 Å². The zero-order valence-electron chi connectivity index (χ0n) is 23.0. The van der Waals surface area contributed by atoms with Crippen molar-refractivity contribution in [2.24, 2.45) is 0 Å². The van der Waals surface area contributed by atoms with Gasteiger partial charge in [0.05, 0.1) is 33.8 Å². The van der Waals surface area contributed by atoms with Crippen LogP contribution in [0.2, 0.25) is 0 Å². The van der Waals surface area contributed by atoms with E-state index in [4.69, 9.17) is 4.98 Å². The van der Waals surface area contributed by atoms with E-state index >= 15 is 0 Å². The molecule has 3 heteroatoms. The Labute approximate surface area is 244 Å². The molecule has 0 spiro atoms. The zero-order chi connectivity index (χ0) is 27.6. The summed E-state index contributed by atoms with van der Waals surface area (Å²) in [4.78, 5) is 7.76. The van der Waals surface area contributed by atoms with Crippen LogP contribution in [0.1, 0.15) is 18.5 Å². The summed E-state index contributed by atoms with van der Waals surface area (Å²) in [6.45, 7) is 0. The Balaban J connectivity index is 1.28. The maximum absolute atomic E-state index is 5.32. The summed E-state index contributed by atoms with van der Waals surface area (Å²) >= 11 is 0. The Morgan fingerprint density at radius 3 is 2.14 bits per heavy atom. The molecule has 0 bridgehead atoms. The molecule has 2 aromatic heterocycles. The minimum Gasteiger partial charge on any atom is -0.309 e. The highest BCUT2D eigenvalue weighted by Crippen LogP contribution is 2.48. The van der Waals surface area contributed by atoms with E-state index in [1.807, 2.05) is 0 Å². The van der Waals surface area contributed by atoms with Gasteiger partial charge in [0, 0.05) is 38.7 Å². The van der Waals surface area contributed by atoms with Gasteiger partial charge in [-0.1, -0.05) is 91.0 Å². The predicted molar refractivity (Wildman–Crippen MR) is 175 cm³/mol. The van der Waals surface area contributed by atoms with Crippen LogP contribution in [-0.2, 0) is 0 Å². The molecule has 9 rings (SSSR count). The van der Waals surface area contributed by atoms with E-state index in [1.54, 1.807) is 0 Å². The van der Waals surface area contributed by atoms with Crippen LogP contribution in [0, 0.1) is 0 Å². The van der Waals surface area contributed by atoms with Gasteiger partial charge in [-0.3, -0.25) is 0 Å². The number of rotatable bonds is 3. The summed E-state index contributed by atoms with van der Waals surface area (Å²) in [5.41, 5.74) is 11.8. The second kappa shape index (κ2) is 9.05. The summed E-state index contributed by atoms with van der Waals surface area (Å²) in [5.74, 6) is 0. The Morgan fingerprint density at radius 1 is 0.619 bits per heavy atom. The van der Waals surface area contributed by atoms with Gasteiger partial charge in [-0.2, -0.15) is 0 Å². The third kappa shape index (κ3) is 3.37. The smallest absolute Gasteiger partial charge is 0.0789 e. The highest BCUT2D eigenvalue weighted by molar-refractivity contribution is 6.10. The van der Waals surface area contributed by atoms with Crippen molar-refractivity contribution in [3.63, 3.8) is 0 Å². The summed E-state index contributed by atoms with van der Waals surface area (Å²) in [7, 11) is 0. The number of benzene rings is 5. The number of fused-ring (bicyclic) bond motifs is 4. The van der Waals surface area contributed by atoms with Gasteiger partial charge in [-0.15, -0.1) is 0 Å². The number of pyridine rings is 1. The molecular formula is C39H27N3. The largest absolute Gasteiger partial charge is 0.309 e. The molecule has 0 saturated heterocycles. The lowest BCUT2D eigenvalue weighted by Crippen LogP contribution is -2.22. The van der Waals surface area contributed by atoms with Gasteiger partial charge in [0.2, 0.25) is 0 Å². The Morgan fingerprint density at radius 2 is 1.33 bits per heavy atom. The van der Waals surface area contributed by atoms with E-state index in [9.17, 15) is 0 Å². The van der Waals surface area contributed by atoms with E-state index in [-0.39, 0.29) is 0 Å². The molecule has 0 atom stereocenters. The molecule has 0 radical (unpaired) electrons. The molecule has 3 heterocycles. The summed E-state index contributed by atoms with van der Waals surface area (Å²) in [6, 6.07) is 45.8. The molecule has 5 aromatic carbocycles. The maximum Gasteiger partial charge on any atom is 0.0789 e. The molecule has 0 saturated carbocycles. The summed E-state index contributed by atoms with van der Waals surface area (Å²) < 4.78 is 2.40. The van der Waals surface area contributed by atoms with Crippen LogP contribution >= 0.6 is 0 Å². The number of aromatic nitrogens is 2. The van der Waals surface area contributed by atoms with Crippen LogP contribution in [-0.4, -0.2) is 9.55 Å². The van der Waals surface area contributed by atoms with Gasteiger partial charge < -0.3 is 9.47 Å². The maximum atomic E-state index is 5.32. The van der Waals surface area contributed by atoms with Gasteiger partial charge in [0.25, 0.3) is 0 Å². The molecule has 0 fully saturated rings. The van der Waals surface area contributed by atoms with Crippen molar-refractivity contribution in [1.29, 1.82) is 0 Å². The van der Waals surface area contributed by atoms with Gasteiger partial charge in [-0.25, -0.2) is 4.98 Å². The molecule has 3 nitrogen and oxygen atoms in total. The van der Waals surface area contributed by atoms with Crippen molar-refractivity contribution in [3.05, 3.63) is 151 Å². The standard InChI is InChI=1S/C39H27N3/c1-2-12-26(13-3-1)33-24-27-14-10-23-37-38(27)39(40-33)32-19-6-9-22-36(32)42(37)29-16-11-15-28(25-29)41-34-20-7-4-17-30(34)31-18-5-8-21-35(31)41/h1-5,7-18,20-25H,6,19H2. The first kappa shape index (κ1) is 23.3. The Kier molecular flexibility index (Phi) is 5.02. The number of hydrogen-bond donors (Lipinski definition) is 0. The fourth-order valence-corrected chi connectivity index (χ4v) is 6.93. The average Bonchev–Trinajstić information content (AvgIpc) is 3.40. The first-order valence-corrected chi connectivity index (χ1v) is 14.6. The molecule has 7 aromatic rings. The molecule has 1 aliphatic carbocycles. The Bertz CT molecular complexity index is 2200. The summed E-state index contributed by atoms with van der Waals surface area (Å²) in [5, 5.41) is 5.00. The van der Waals surface area contributed by atoms with Gasteiger partial charge in [0.1, 0.15) is 0 Å². The van der Waals surface area contributed by atoms with Crippen molar-refractivity contribution in [2.45, 2.75) is 12.8 Å². The van der Waals surface area contributed by atoms with E-state index in [2.05, 4.69) is 149 Å². The van der Waals surface area contributed by atoms with Crippen molar-refractivity contribution in [1.82, 2.24) is 9.55 Å². The van der Waals surface area contributed by atoms with Gasteiger partial charge >= 0.3 is 0 Å². The van der Waals surface area contributed by atoms with Crippen LogP contribution in [0.5, 0.6) is 0 Å². The van der Waals surface area contributed by atoms with Crippen molar-refractivity contribution in [2.75, 3.05) is 4.90 Å². The van der Waals surface area contributed by atoms with Crippen LogP contribution in [0.25, 0.3) is 55.1 Å². The van der Waals surface area contributed by atoms with Crippen LogP contribution in [0.3, 0.4) is 0 Å². The van der Waals surface area contributed by atoms with Crippen molar-refractivity contribution in [3.8, 4) is 16.9 Å².